The fourth-order valence-electron chi connectivity index (χ4n) is 2.32. The number of benzene rings is 1. The summed E-state index contributed by atoms with van der Waals surface area (Å²) in [6.45, 7) is 1.45. The van der Waals surface area contributed by atoms with Crippen LogP contribution in [0.3, 0.4) is 0 Å². The summed E-state index contributed by atoms with van der Waals surface area (Å²) >= 11 is 6.09. The minimum atomic E-state index is -0.232. The Hall–Kier alpha value is -2.92. The number of fused-ring (bicyclic) bond motifs is 1. The highest BCUT2D eigenvalue weighted by atomic mass is 35.5. The van der Waals surface area contributed by atoms with Gasteiger partial charge < -0.3 is 5.32 Å². The van der Waals surface area contributed by atoms with Crippen LogP contribution in [0.25, 0.3) is 11.7 Å². The molecule has 0 unspecified atom stereocenters. The average molecular weight is 340 g/mol. The predicted molar refractivity (Wildman–Crippen MR) is 94.3 cm³/mol. The molecule has 1 N–H and O–H groups in total. The van der Waals surface area contributed by atoms with Crippen molar-refractivity contribution in [3.63, 3.8) is 0 Å². The van der Waals surface area contributed by atoms with Crippen LogP contribution in [-0.2, 0) is 4.79 Å². The number of ketones is 1. The van der Waals surface area contributed by atoms with E-state index in [4.69, 9.17) is 11.6 Å². The molecule has 0 atom stereocenters. The van der Waals surface area contributed by atoms with Gasteiger partial charge in [0.15, 0.2) is 5.15 Å². The molecule has 3 rings (SSSR count). The second kappa shape index (κ2) is 6.68. The molecule has 5 nitrogen and oxygen atoms in total. The number of amides is 1. The van der Waals surface area contributed by atoms with Crippen molar-refractivity contribution in [2.24, 2.45) is 0 Å². The maximum absolute atomic E-state index is 12.4. The number of allylic oxidation sites excluding steroid dienone is 1. The average Bonchev–Trinajstić information content (AvgIpc) is 2.89. The van der Waals surface area contributed by atoms with Gasteiger partial charge >= 0.3 is 0 Å². The summed E-state index contributed by atoms with van der Waals surface area (Å²) in [5, 5.41) is 2.87. The lowest BCUT2D eigenvalue weighted by atomic mass is 10.1. The third kappa shape index (κ3) is 3.36. The number of anilines is 1. The zero-order valence-electron chi connectivity index (χ0n) is 12.9. The number of imidazole rings is 1. The van der Waals surface area contributed by atoms with Gasteiger partial charge in [-0.1, -0.05) is 35.9 Å². The number of pyridine rings is 1. The Morgan fingerprint density at radius 3 is 2.62 bits per heavy atom. The zero-order valence-corrected chi connectivity index (χ0v) is 13.6. The molecule has 120 valence electrons. The van der Waals surface area contributed by atoms with Gasteiger partial charge in [-0.15, -0.1) is 0 Å². The van der Waals surface area contributed by atoms with E-state index in [0.717, 1.165) is 5.56 Å². The second-order valence-electron chi connectivity index (χ2n) is 5.18. The summed E-state index contributed by atoms with van der Waals surface area (Å²) in [6.07, 6.45) is 4.89. The Labute approximate surface area is 143 Å². The van der Waals surface area contributed by atoms with E-state index in [0.29, 0.717) is 17.0 Å². The standard InChI is InChI=1S/C18H14ClN3O2/c1-12(23)20-14-8-5-13(6-9-14)7-10-15(24)17-18(19)21-16-4-2-3-11-22(16)17/h2-11H,1H3,(H,20,23). The first-order chi connectivity index (χ1) is 11.5. The first-order valence-corrected chi connectivity index (χ1v) is 7.65. The fraction of sp³-hybridized carbons (Fsp3) is 0.0556. The molecule has 0 fully saturated rings. The van der Waals surface area contributed by atoms with E-state index in [9.17, 15) is 9.59 Å². The first-order valence-electron chi connectivity index (χ1n) is 7.27. The van der Waals surface area contributed by atoms with Gasteiger partial charge in [0.05, 0.1) is 0 Å². The first kappa shape index (κ1) is 16.0. The van der Waals surface area contributed by atoms with E-state index in [2.05, 4.69) is 10.3 Å². The van der Waals surface area contributed by atoms with Crippen LogP contribution in [0.5, 0.6) is 0 Å². The van der Waals surface area contributed by atoms with Crippen molar-refractivity contribution in [3.05, 3.63) is 71.1 Å². The van der Waals surface area contributed by atoms with E-state index in [1.807, 2.05) is 24.3 Å². The lowest BCUT2D eigenvalue weighted by Crippen LogP contribution is -2.05. The van der Waals surface area contributed by atoms with Crippen molar-refractivity contribution >= 4 is 40.7 Å². The lowest BCUT2D eigenvalue weighted by molar-refractivity contribution is -0.114. The van der Waals surface area contributed by atoms with E-state index in [1.54, 1.807) is 34.9 Å². The molecule has 2 aromatic heterocycles. The van der Waals surface area contributed by atoms with Gasteiger partial charge in [-0.2, -0.15) is 0 Å². The van der Waals surface area contributed by atoms with Crippen molar-refractivity contribution in [3.8, 4) is 0 Å². The molecule has 0 spiro atoms. The van der Waals surface area contributed by atoms with Crippen LogP contribution in [0.15, 0.2) is 54.7 Å². The van der Waals surface area contributed by atoms with Gasteiger partial charge in [-0.25, -0.2) is 4.98 Å². The smallest absolute Gasteiger partial charge is 0.221 e. The minimum Gasteiger partial charge on any atom is -0.326 e. The predicted octanol–water partition coefficient (Wildman–Crippen LogP) is 3.84. The molecule has 0 aliphatic carbocycles. The number of hydrogen-bond donors (Lipinski definition) is 1. The Kier molecular flexibility index (Phi) is 4.44. The maximum Gasteiger partial charge on any atom is 0.221 e. The summed E-state index contributed by atoms with van der Waals surface area (Å²) in [7, 11) is 0. The number of nitrogens with one attached hydrogen (secondary N) is 1. The second-order valence-corrected chi connectivity index (χ2v) is 5.54. The summed E-state index contributed by atoms with van der Waals surface area (Å²) in [5.74, 6) is -0.361. The molecule has 0 aliphatic heterocycles. The molecule has 2 heterocycles. The number of carbonyl (C=O) groups excluding carboxylic acids is 2. The van der Waals surface area contributed by atoms with Crippen molar-refractivity contribution < 1.29 is 9.59 Å². The number of hydrogen-bond acceptors (Lipinski definition) is 3. The van der Waals surface area contributed by atoms with Crippen LogP contribution in [0.1, 0.15) is 23.0 Å². The van der Waals surface area contributed by atoms with Crippen molar-refractivity contribution in [2.45, 2.75) is 6.92 Å². The highest BCUT2D eigenvalue weighted by Crippen LogP contribution is 2.19. The van der Waals surface area contributed by atoms with Gasteiger partial charge in [0.1, 0.15) is 11.3 Å². The molecule has 0 aliphatic rings. The highest BCUT2D eigenvalue weighted by molar-refractivity contribution is 6.33. The van der Waals surface area contributed by atoms with Crippen LogP contribution in [0.2, 0.25) is 5.15 Å². The van der Waals surface area contributed by atoms with E-state index >= 15 is 0 Å². The molecule has 1 aromatic carbocycles. The SMILES string of the molecule is CC(=O)Nc1ccc(C=CC(=O)c2c(Cl)nc3ccccn23)cc1. The highest BCUT2D eigenvalue weighted by Gasteiger charge is 2.15. The Morgan fingerprint density at radius 1 is 1.17 bits per heavy atom. The van der Waals surface area contributed by atoms with Crippen LogP contribution in [-0.4, -0.2) is 21.1 Å². The molecule has 6 heteroatoms. The Morgan fingerprint density at radius 2 is 1.92 bits per heavy atom. The van der Waals surface area contributed by atoms with Gasteiger partial charge in [0, 0.05) is 18.8 Å². The fourth-order valence-corrected chi connectivity index (χ4v) is 2.59. The lowest BCUT2D eigenvalue weighted by Gasteiger charge is -2.01. The minimum absolute atomic E-state index is 0.129. The summed E-state index contributed by atoms with van der Waals surface area (Å²) in [5.41, 5.74) is 2.50. The molecule has 0 bridgehead atoms. The summed E-state index contributed by atoms with van der Waals surface area (Å²) < 4.78 is 1.66. The summed E-state index contributed by atoms with van der Waals surface area (Å²) in [4.78, 5) is 27.6. The molecule has 0 radical (unpaired) electrons. The number of carbonyl (C=O) groups is 2. The monoisotopic (exact) mass is 339 g/mol. The van der Waals surface area contributed by atoms with Crippen molar-refractivity contribution in [2.75, 3.05) is 5.32 Å². The number of nitrogens with zero attached hydrogens (tertiary/aromatic N) is 2. The van der Waals surface area contributed by atoms with Gasteiger partial charge in [-0.3, -0.25) is 14.0 Å². The third-order valence-corrected chi connectivity index (χ3v) is 3.64. The number of halogens is 1. The Balaban J connectivity index is 1.82. The van der Waals surface area contributed by atoms with E-state index < -0.39 is 0 Å². The number of aromatic nitrogens is 2. The molecule has 24 heavy (non-hydrogen) atoms. The van der Waals surface area contributed by atoms with Crippen LogP contribution >= 0.6 is 11.6 Å². The van der Waals surface area contributed by atoms with Crippen LogP contribution in [0, 0.1) is 0 Å². The van der Waals surface area contributed by atoms with Crippen molar-refractivity contribution in [1.29, 1.82) is 0 Å². The molecule has 1 amide bonds. The number of rotatable bonds is 4. The van der Waals surface area contributed by atoms with Crippen LogP contribution < -0.4 is 5.32 Å². The molecular formula is C18H14ClN3O2. The quantitative estimate of drug-likeness (QED) is 0.580. The van der Waals surface area contributed by atoms with Crippen LogP contribution in [0.4, 0.5) is 5.69 Å². The van der Waals surface area contributed by atoms with Crippen molar-refractivity contribution in [1.82, 2.24) is 9.38 Å². The summed E-state index contributed by atoms with van der Waals surface area (Å²) in [6, 6.07) is 12.6. The molecule has 3 aromatic rings. The zero-order chi connectivity index (χ0) is 17.1. The molecule has 0 saturated carbocycles. The molecule has 0 saturated heterocycles. The van der Waals surface area contributed by atoms with Gasteiger partial charge in [0.25, 0.3) is 0 Å². The largest absolute Gasteiger partial charge is 0.326 e. The topological polar surface area (TPSA) is 63.5 Å². The van der Waals surface area contributed by atoms with Gasteiger partial charge in [0.2, 0.25) is 11.7 Å². The maximum atomic E-state index is 12.4. The van der Waals surface area contributed by atoms with Gasteiger partial charge in [-0.05, 0) is 35.9 Å². The third-order valence-electron chi connectivity index (χ3n) is 3.38. The van der Waals surface area contributed by atoms with E-state index in [1.165, 1.54) is 13.0 Å². The Bertz CT molecular complexity index is 943. The normalized spacial score (nSPS) is 11.1. The molecular weight excluding hydrogens is 326 g/mol. The van der Waals surface area contributed by atoms with E-state index in [-0.39, 0.29) is 16.8 Å².